The van der Waals surface area contributed by atoms with Gasteiger partial charge in [-0.1, -0.05) is 0 Å². The summed E-state index contributed by atoms with van der Waals surface area (Å²) in [7, 11) is 1.22. The van der Waals surface area contributed by atoms with Gasteiger partial charge in [0.25, 0.3) is 5.91 Å². The Morgan fingerprint density at radius 1 is 1.38 bits per heavy atom. The maximum absolute atomic E-state index is 12.9. The highest BCUT2D eigenvalue weighted by Crippen LogP contribution is 2.17. The standard InChI is InChI=1S/C16H19FN2O5/c1-10(24-12-5-3-11(17)4-6-12)16(22)19-8-7-18-15(21)13(19)9-14(20)23-2/h3-6,10,13H,7-9H2,1-2H3,(H,18,21). The first-order valence-corrected chi connectivity index (χ1v) is 7.49. The summed E-state index contributed by atoms with van der Waals surface area (Å²) < 4.78 is 23.0. The number of nitrogens with one attached hydrogen (secondary N) is 1. The van der Waals surface area contributed by atoms with Crippen LogP contribution in [-0.4, -0.2) is 55.0 Å². The van der Waals surface area contributed by atoms with Gasteiger partial charge in [0.1, 0.15) is 17.6 Å². The molecule has 0 aliphatic carbocycles. The summed E-state index contributed by atoms with van der Waals surface area (Å²) in [4.78, 5) is 37.4. The van der Waals surface area contributed by atoms with Gasteiger partial charge in [0.2, 0.25) is 5.91 Å². The van der Waals surface area contributed by atoms with E-state index in [9.17, 15) is 18.8 Å². The number of carbonyl (C=O) groups is 3. The van der Waals surface area contributed by atoms with E-state index in [0.29, 0.717) is 12.3 Å². The molecule has 8 heteroatoms. The summed E-state index contributed by atoms with van der Waals surface area (Å²) in [6.45, 7) is 2.10. The SMILES string of the molecule is COC(=O)CC1C(=O)NCCN1C(=O)C(C)Oc1ccc(F)cc1. The molecule has 1 aliphatic rings. The van der Waals surface area contributed by atoms with E-state index >= 15 is 0 Å². The first-order valence-electron chi connectivity index (χ1n) is 7.49. The molecule has 2 rings (SSSR count). The smallest absolute Gasteiger partial charge is 0.308 e. The Morgan fingerprint density at radius 2 is 2.04 bits per heavy atom. The monoisotopic (exact) mass is 338 g/mol. The highest BCUT2D eigenvalue weighted by atomic mass is 19.1. The van der Waals surface area contributed by atoms with E-state index in [1.807, 2.05) is 0 Å². The average molecular weight is 338 g/mol. The molecule has 2 atom stereocenters. The second kappa shape index (κ2) is 7.76. The number of nitrogens with zero attached hydrogens (tertiary/aromatic N) is 1. The minimum atomic E-state index is -0.932. The predicted molar refractivity (Wildman–Crippen MR) is 81.6 cm³/mol. The van der Waals surface area contributed by atoms with Crippen LogP contribution in [0.1, 0.15) is 13.3 Å². The lowest BCUT2D eigenvalue weighted by Crippen LogP contribution is -2.60. The third-order valence-electron chi connectivity index (χ3n) is 3.68. The molecule has 7 nitrogen and oxygen atoms in total. The molecule has 24 heavy (non-hydrogen) atoms. The van der Waals surface area contributed by atoms with Gasteiger partial charge < -0.3 is 19.7 Å². The van der Waals surface area contributed by atoms with Gasteiger partial charge in [-0.05, 0) is 31.2 Å². The number of amides is 2. The zero-order valence-corrected chi connectivity index (χ0v) is 13.5. The quantitative estimate of drug-likeness (QED) is 0.790. The van der Waals surface area contributed by atoms with Crippen molar-refractivity contribution in [1.82, 2.24) is 10.2 Å². The van der Waals surface area contributed by atoms with Gasteiger partial charge in [0.05, 0.1) is 13.5 Å². The van der Waals surface area contributed by atoms with Crippen LogP contribution < -0.4 is 10.1 Å². The maximum atomic E-state index is 12.9. The van der Waals surface area contributed by atoms with Crippen LogP contribution in [0.5, 0.6) is 5.75 Å². The highest BCUT2D eigenvalue weighted by Gasteiger charge is 2.37. The molecule has 2 amide bonds. The Balaban J connectivity index is 2.07. The van der Waals surface area contributed by atoms with E-state index in [1.54, 1.807) is 0 Å². The Kier molecular flexibility index (Phi) is 5.73. The third-order valence-corrected chi connectivity index (χ3v) is 3.68. The van der Waals surface area contributed by atoms with E-state index in [1.165, 1.54) is 43.2 Å². The lowest BCUT2D eigenvalue weighted by Gasteiger charge is -2.35. The summed E-state index contributed by atoms with van der Waals surface area (Å²) in [6.07, 6.45) is -1.11. The van der Waals surface area contributed by atoms with Gasteiger partial charge >= 0.3 is 5.97 Å². The number of carbonyl (C=O) groups excluding carboxylic acids is 3. The van der Waals surface area contributed by atoms with Crippen molar-refractivity contribution < 1.29 is 28.2 Å². The Morgan fingerprint density at radius 3 is 2.67 bits per heavy atom. The molecular weight excluding hydrogens is 319 g/mol. The summed E-state index contributed by atoms with van der Waals surface area (Å²) in [6, 6.07) is 4.34. The molecule has 0 aromatic heterocycles. The van der Waals surface area contributed by atoms with E-state index < -0.39 is 35.7 Å². The van der Waals surface area contributed by atoms with Gasteiger partial charge in [-0.15, -0.1) is 0 Å². The van der Waals surface area contributed by atoms with E-state index in [0.717, 1.165) is 0 Å². The third kappa shape index (κ3) is 4.21. The fourth-order valence-corrected chi connectivity index (χ4v) is 2.42. The molecule has 0 saturated carbocycles. The lowest BCUT2D eigenvalue weighted by molar-refractivity contribution is -0.153. The lowest BCUT2D eigenvalue weighted by atomic mass is 10.1. The maximum Gasteiger partial charge on any atom is 0.308 e. The molecule has 1 N–H and O–H groups in total. The van der Waals surface area contributed by atoms with Crippen molar-refractivity contribution in [3.63, 3.8) is 0 Å². The van der Waals surface area contributed by atoms with Gasteiger partial charge in [0.15, 0.2) is 6.10 Å². The molecule has 1 fully saturated rings. The number of rotatable bonds is 5. The molecule has 130 valence electrons. The van der Waals surface area contributed by atoms with Crippen LogP contribution in [0.4, 0.5) is 4.39 Å². The van der Waals surface area contributed by atoms with Crippen LogP contribution in [0.3, 0.4) is 0 Å². The largest absolute Gasteiger partial charge is 0.481 e. The number of benzene rings is 1. The van der Waals surface area contributed by atoms with Crippen molar-refractivity contribution in [2.24, 2.45) is 0 Å². The summed E-state index contributed by atoms with van der Waals surface area (Å²) in [5.41, 5.74) is 0. The van der Waals surface area contributed by atoms with Gasteiger partial charge in [-0.25, -0.2) is 4.39 Å². The average Bonchev–Trinajstić information content (AvgIpc) is 2.57. The van der Waals surface area contributed by atoms with E-state index in [2.05, 4.69) is 10.1 Å². The Labute approximate surface area is 138 Å². The molecular formula is C16H19FN2O5. The van der Waals surface area contributed by atoms with Crippen molar-refractivity contribution in [3.05, 3.63) is 30.1 Å². The Bertz CT molecular complexity index is 619. The van der Waals surface area contributed by atoms with Crippen molar-refractivity contribution in [2.45, 2.75) is 25.5 Å². The summed E-state index contributed by atoms with van der Waals surface area (Å²) in [5, 5.41) is 2.62. The van der Waals surface area contributed by atoms with Crippen LogP contribution in [0.25, 0.3) is 0 Å². The van der Waals surface area contributed by atoms with E-state index in [4.69, 9.17) is 4.74 Å². The fraction of sp³-hybridized carbons (Fsp3) is 0.438. The van der Waals surface area contributed by atoms with Crippen LogP contribution in [-0.2, 0) is 19.1 Å². The van der Waals surface area contributed by atoms with E-state index in [-0.39, 0.29) is 13.0 Å². The predicted octanol–water partition coefficient (Wildman–Crippen LogP) is 0.483. The topological polar surface area (TPSA) is 84.9 Å². The first kappa shape index (κ1) is 17.7. The zero-order chi connectivity index (χ0) is 17.7. The van der Waals surface area contributed by atoms with Crippen molar-refractivity contribution in [3.8, 4) is 5.75 Å². The van der Waals surface area contributed by atoms with Gasteiger partial charge in [0, 0.05) is 13.1 Å². The minimum Gasteiger partial charge on any atom is -0.481 e. The van der Waals surface area contributed by atoms with Gasteiger partial charge in [-0.2, -0.15) is 0 Å². The van der Waals surface area contributed by atoms with Crippen LogP contribution in [0, 0.1) is 5.82 Å². The number of hydrogen-bond acceptors (Lipinski definition) is 5. The zero-order valence-electron chi connectivity index (χ0n) is 13.5. The van der Waals surface area contributed by atoms with Crippen molar-refractivity contribution in [1.29, 1.82) is 0 Å². The van der Waals surface area contributed by atoms with Crippen molar-refractivity contribution >= 4 is 17.8 Å². The second-order valence-electron chi connectivity index (χ2n) is 5.33. The summed E-state index contributed by atoms with van der Waals surface area (Å²) in [5.74, 6) is -1.49. The number of hydrogen-bond donors (Lipinski definition) is 1. The van der Waals surface area contributed by atoms with Gasteiger partial charge in [-0.3, -0.25) is 14.4 Å². The molecule has 0 bridgehead atoms. The number of piperazine rings is 1. The molecule has 0 radical (unpaired) electrons. The molecule has 1 heterocycles. The Hall–Kier alpha value is -2.64. The minimum absolute atomic E-state index is 0.225. The highest BCUT2D eigenvalue weighted by molar-refractivity contribution is 5.93. The van der Waals surface area contributed by atoms with Crippen molar-refractivity contribution in [2.75, 3.05) is 20.2 Å². The summed E-state index contributed by atoms with van der Waals surface area (Å²) >= 11 is 0. The molecule has 1 saturated heterocycles. The molecule has 0 spiro atoms. The molecule has 1 aromatic carbocycles. The second-order valence-corrected chi connectivity index (χ2v) is 5.33. The normalized spacial score (nSPS) is 18.5. The van der Waals surface area contributed by atoms with Crippen LogP contribution in [0.15, 0.2) is 24.3 Å². The number of halogens is 1. The number of methoxy groups -OCH3 is 1. The fourth-order valence-electron chi connectivity index (χ4n) is 2.42. The number of ether oxygens (including phenoxy) is 2. The molecule has 1 aromatic rings. The molecule has 2 unspecified atom stereocenters. The van der Waals surface area contributed by atoms with Crippen LogP contribution >= 0.6 is 0 Å². The molecule has 1 aliphatic heterocycles. The van der Waals surface area contributed by atoms with Crippen LogP contribution in [0.2, 0.25) is 0 Å². The number of esters is 1. The first-order chi connectivity index (χ1) is 11.4.